The summed E-state index contributed by atoms with van der Waals surface area (Å²) in [5.74, 6) is 0.0600. The monoisotopic (exact) mass is 545 g/mol. The summed E-state index contributed by atoms with van der Waals surface area (Å²) in [6.07, 6.45) is 2.14. The van der Waals surface area contributed by atoms with Crippen LogP contribution < -0.4 is 0 Å². The van der Waals surface area contributed by atoms with Gasteiger partial charge in [-0.15, -0.1) is 0 Å². The smallest absolute Gasteiger partial charge is 0.269 e. The number of aromatic nitrogens is 2. The third-order valence-electron chi connectivity index (χ3n) is 7.83. The Kier molecular flexibility index (Phi) is 7.07. The topological polar surface area (TPSA) is 84.0 Å². The van der Waals surface area contributed by atoms with Crippen molar-refractivity contribution < 1.29 is 9.72 Å². The Labute approximate surface area is 238 Å². The van der Waals surface area contributed by atoms with Crippen molar-refractivity contribution in [1.29, 1.82) is 0 Å². The summed E-state index contributed by atoms with van der Waals surface area (Å²) >= 11 is 0. The highest BCUT2D eigenvalue weighted by Gasteiger charge is 2.25. The second-order valence-electron chi connectivity index (χ2n) is 10.6. The fraction of sp³-hybridized carbons (Fsp3) is 0.212. The van der Waals surface area contributed by atoms with Gasteiger partial charge < -0.3 is 9.30 Å². The number of nitro groups is 1. The summed E-state index contributed by atoms with van der Waals surface area (Å²) in [4.78, 5) is 33.1. The molecular weight excluding hydrogens is 514 g/mol. The molecule has 1 aliphatic heterocycles. The molecule has 0 unspecified atom stereocenters. The molecule has 3 heterocycles. The molecule has 0 atom stereocenters. The lowest BCUT2D eigenvalue weighted by molar-refractivity contribution is -0.384. The highest BCUT2D eigenvalue weighted by atomic mass is 16.6. The lowest BCUT2D eigenvalue weighted by Gasteiger charge is -2.34. The number of hydrogen-bond acceptors (Lipinski definition) is 5. The summed E-state index contributed by atoms with van der Waals surface area (Å²) in [5.41, 5.74) is 8.92. The Morgan fingerprint density at radius 2 is 1.59 bits per heavy atom. The highest BCUT2D eigenvalue weighted by Crippen LogP contribution is 2.31. The van der Waals surface area contributed by atoms with E-state index < -0.39 is 0 Å². The first-order valence-corrected chi connectivity index (χ1v) is 13.8. The fourth-order valence-corrected chi connectivity index (χ4v) is 5.51. The zero-order chi connectivity index (χ0) is 28.5. The predicted octanol–water partition coefficient (Wildman–Crippen LogP) is 6.15. The average Bonchev–Trinajstić information content (AvgIpc) is 3.36. The second-order valence-corrected chi connectivity index (χ2v) is 10.6. The van der Waals surface area contributed by atoms with Gasteiger partial charge in [-0.05, 0) is 66.9 Å². The second kappa shape index (κ2) is 11.0. The maximum absolute atomic E-state index is 13.0. The van der Waals surface area contributed by atoms with Crippen LogP contribution in [0.4, 0.5) is 5.69 Å². The van der Waals surface area contributed by atoms with Crippen LogP contribution in [0.25, 0.3) is 28.0 Å². The van der Waals surface area contributed by atoms with Crippen molar-refractivity contribution in [1.82, 2.24) is 19.2 Å². The molecule has 5 aromatic rings. The molecule has 41 heavy (non-hydrogen) atoms. The molecule has 6 rings (SSSR count). The Balaban J connectivity index is 1.34. The van der Waals surface area contributed by atoms with E-state index in [1.54, 1.807) is 12.1 Å². The number of rotatable bonds is 6. The van der Waals surface area contributed by atoms with E-state index in [2.05, 4.69) is 53.6 Å². The summed E-state index contributed by atoms with van der Waals surface area (Å²) < 4.78 is 2.15. The van der Waals surface area contributed by atoms with E-state index in [-0.39, 0.29) is 16.5 Å². The molecule has 8 nitrogen and oxygen atoms in total. The number of aryl methyl sites for hydroxylation is 2. The molecule has 8 heteroatoms. The first kappa shape index (κ1) is 26.4. The molecule has 0 bridgehead atoms. The van der Waals surface area contributed by atoms with Gasteiger partial charge in [-0.3, -0.25) is 19.8 Å². The van der Waals surface area contributed by atoms with Crippen LogP contribution in [-0.4, -0.2) is 56.2 Å². The van der Waals surface area contributed by atoms with E-state index in [0.29, 0.717) is 25.2 Å². The number of imidazole rings is 1. The van der Waals surface area contributed by atoms with E-state index in [1.165, 1.54) is 28.8 Å². The van der Waals surface area contributed by atoms with E-state index >= 15 is 0 Å². The Hall–Kier alpha value is -4.82. The number of pyridine rings is 1. The molecule has 0 aliphatic carbocycles. The van der Waals surface area contributed by atoms with Crippen molar-refractivity contribution in [2.45, 2.75) is 20.4 Å². The highest BCUT2D eigenvalue weighted by molar-refractivity contribution is 5.94. The van der Waals surface area contributed by atoms with Crippen LogP contribution in [0.2, 0.25) is 0 Å². The van der Waals surface area contributed by atoms with Gasteiger partial charge in [0.05, 0.1) is 16.3 Å². The van der Waals surface area contributed by atoms with Gasteiger partial charge in [-0.1, -0.05) is 42.0 Å². The standard InChI is InChI=1S/C33H31N5O3/c1-23-8-9-24(2)29(20-23)27-12-15-31-34-32(25-10-13-28(14-11-25)38(40)41)30(37(31)21-27)22-35-16-18-36(19-17-35)33(39)26-6-4-3-5-7-26/h3-15,20-21H,16-19,22H2,1-2H3. The molecule has 1 aliphatic rings. The molecule has 1 saturated heterocycles. The third-order valence-corrected chi connectivity index (χ3v) is 7.83. The van der Waals surface area contributed by atoms with Gasteiger partial charge in [0.1, 0.15) is 5.65 Å². The first-order valence-electron chi connectivity index (χ1n) is 13.8. The SMILES string of the molecule is Cc1ccc(C)c(-c2ccc3nc(-c4ccc([N+](=O)[O-])cc4)c(CN4CCN(C(=O)c5ccccc5)CC4)n3c2)c1. The number of hydrogen-bond donors (Lipinski definition) is 0. The van der Waals surface area contributed by atoms with Crippen LogP contribution in [0, 0.1) is 24.0 Å². The van der Waals surface area contributed by atoms with Crippen LogP contribution in [-0.2, 0) is 6.54 Å². The maximum Gasteiger partial charge on any atom is 0.269 e. The van der Waals surface area contributed by atoms with Gasteiger partial charge in [-0.2, -0.15) is 0 Å². The quantitative estimate of drug-likeness (QED) is 0.189. The molecule has 2 aromatic heterocycles. The maximum atomic E-state index is 13.0. The number of fused-ring (bicyclic) bond motifs is 1. The zero-order valence-electron chi connectivity index (χ0n) is 23.2. The zero-order valence-corrected chi connectivity index (χ0v) is 23.2. The van der Waals surface area contributed by atoms with Gasteiger partial charge in [0.15, 0.2) is 0 Å². The fourth-order valence-electron chi connectivity index (χ4n) is 5.51. The molecule has 0 radical (unpaired) electrons. The van der Waals surface area contributed by atoms with Crippen molar-refractivity contribution >= 4 is 17.2 Å². The molecule has 0 spiro atoms. The number of nitrogens with zero attached hydrogens (tertiary/aromatic N) is 5. The van der Waals surface area contributed by atoms with Crippen molar-refractivity contribution in [3.05, 3.63) is 124 Å². The van der Waals surface area contributed by atoms with Crippen molar-refractivity contribution in [3.63, 3.8) is 0 Å². The van der Waals surface area contributed by atoms with Gasteiger partial charge in [0, 0.05) is 62.2 Å². The molecular formula is C33H31N5O3. The van der Waals surface area contributed by atoms with E-state index in [1.807, 2.05) is 41.3 Å². The first-order chi connectivity index (χ1) is 19.9. The van der Waals surface area contributed by atoms with Gasteiger partial charge in [0.25, 0.3) is 11.6 Å². The molecule has 1 fully saturated rings. The summed E-state index contributed by atoms with van der Waals surface area (Å²) in [6, 6.07) is 26.6. The molecule has 0 N–H and O–H groups in total. The summed E-state index contributed by atoms with van der Waals surface area (Å²) in [7, 11) is 0. The number of carbonyl (C=O) groups is 1. The number of piperazine rings is 1. The lowest BCUT2D eigenvalue weighted by Crippen LogP contribution is -2.48. The Morgan fingerprint density at radius 3 is 2.29 bits per heavy atom. The van der Waals surface area contributed by atoms with Crippen LogP contribution in [0.1, 0.15) is 27.2 Å². The Bertz CT molecular complexity index is 1740. The van der Waals surface area contributed by atoms with Crippen LogP contribution in [0.5, 0.6) is 0 Å². The lowest BCUT2D eigenvalue weighted by atomic mass is 10.00. The minimum Gasteiger partial charge on any atom is -0.336 e. The van der Waals surface area contributed by atoms with Crippen molar-refractivity contribution in [2.75, 3.05) is 26.2 Å². The molecule has 0 saturated carbocycles. The third kappa shape index (κ3) is 5.34. The van der Waals surface area contributed by atoms with Gasteiger partial charge >= 0.3 is 0 Å². The molecule has 206 valence electrons. The van der Waals surface area contributed by atoms with E-state index in [4.69, 9.17) is 4.98 Å². The van der Waals surface area contributed by atoms with Gasteiger partial charge in [0.2, 0.25) is 0 Å². The van der Waals surface area contributed by atoms with Crippen molar-refractivity contribution in [2.24, 2.45) is 0 Å². The number of benzene rings is 3. The number of non-ortho nitro benzene ring substituents is 1. The molecule has 3 aromatic carbocycles. The van der Waals surface area contributed by atoms with E-state index in [9.17, 15) is 14.9 Å². The normalized spacial score (nSPS) is 14.0. The Morgan fingerprint density at radius 1 is 0.878 bits per heavy atom. The number of nitro benzene ring substituents is 1. The number of carbonyl (C=O) groups excluding carboxylic acids is 1. The van der Waals surface area contributed by atoms with Crippen LogP contribution in [0.15, 0.2) is 91.1 Å². The minimum atomic E-state index is -0.388. The van der Waals surface area contributed by atoms with Crippen LogP contribution in [0.3, 0.4) is 0 Å². The summed E-state index contributed by atoms with van der Waals surface area (Å²) in [5, 5.41) is 11.3. The average molecular weight is 546 g/mol. The summed E-state index contributed by atoms with van der Waals surface area (Å²) in [6.45, 7) is 7.61. The number of amides is 1. The van der Waals surface area contributed by atoms with Crippen LogP contribution >= 0.6 is 0 Å². The van der Waals surface area contributed by atoms with Gasteiger partial charge in [-0.25, -0.2) is 4.98 Å². The largest absolute Gasteiger partial charge is 0.336 e. The predicted molar refractivity (Wildman–Crippen MR) is 160 cm³/mol. The minimum absolute atomic E-state index is 0.0514. The van der Waals surface area contributed by atoms with E-state index in [0.717, 1.165) is 41.3 Å². The molecule has 1 amide bonds. The van der Waals surface area contributed by atoms with Crippen molar-refractivity contribution in [3.8, 4) is 22.4 Å².